The first kappa shape index (κ1) is 57.1. The molecule has 62 heavy (non-hydrogen) atoms. The standard InChI is InChI=1S/C20H6Br4Cl2O5.C20H10I2O5.4Na/c21-7-3-5-11(12-9(25)1-2-10(26)13(12)20(29)30)6-4-8(22)17(28)15(24)19(6)31-18(5)14(23)16(7)27;21-16-13(23)7-5-11-15(9-3-1-2-4-10(9)20(25)26)12-6-8-14(24)17(22)19(12)27-18(11)16;;;;/h1-4,27H,(H,29,30);1-8,23H,(H,25,26);;;;/q;;4*+1/p-4. The molecule has 0 fully saturated rings. The Morgan fingerprint density at radius 3 is 1.87 bits per heavy atom. The van der Waals surface area contributed by atoms with E-state index >= 15 is 0 Å². The molecule has 0 unspecified atom stereocenters. The number of rotatable bonds is 4. The molecular formula is C40H12Br4Cl2I2Na4O10. The van der Waals surface area contributed by atoms with E-state index in [0.717, 1.165) is 0 Å². The van der Waals surface area contributed by atoms with Crippen molar-refractivity contribution in [3.05, 3.63) is 139 Å². The Labute approximate surface area is 509 Å². The molecule has 0 saturated carbocycles. The summed E-state index contributed by atoms with van der Waals surface area (Å²) in [6.07, 6.45) is 0. The predicted octanol–water partition coefficient (Wildman–Crippen LogP) is -2.41. The summed E-state index contributed by atoms with van der Waals surface area (Å²) in [4.78, 5) is 48.3. The molecule has 4 aliphatic rings. The third-order valence-corrected chi connectivity index (χ3v) is 14.1. The molecule has 10 nitrogen and oxygen atoms in total. The molecule has 0 atom stereocenters. The van der Waals surface area contributed by atoms with Crippen LogP contribution in [0.1, 0.15) is 20.7 Å². The van der Waals surface area contributed by atoms with E-state index in [0.29, 0.717) is 57.1 Å². The van der Waals surface area contributed by atoms with Gasteiger partial charge in [-0.05, 0) is 135 Å². The van der Waals surface area contributed by atoms with Crippen molar-refractivity contribution >= 4 is 166 Å². The van der Waals surface area contributed by atoms with Gasteiger partial charge < -0.3 is 38.8 Å². The van der Waals surface area contributed by atoms with E-state index in [1.165, 1.54) is 42.5 Å². The number of carbonyl (C=O) groups excluding carboxylic acids is 2. The maximum atomic E-state index is 12.5. The molecule has 0 spiro atoms. The molecule has 0 amide bonds. The quantitative estimate of drug-likeness (QED) is 0.104. The summed E-state index contributed by atoms with van der Waals surface area (Å²) in [5, 5.41) is 49.2. The van der Waals surface area contributed by atoms with Crippen molar-refractivity contribution in [2.45, 2.75) is 0 Å². The smallest absolute Gasteiger partial charge is 0.872 e. The average Bonchev–Trinajstić information content (AvgIpc) is 3.19. The van der Waals surface area contributed by atoms with Crippen molar-refractivity contribution < 1.29 is 157 Å². The summed E-state index contributed by atoms with van der Waals surface area (Å²) in [6.45, 7) is 0. The van der Waals surface area contributed by atoms with Crippen LogP contribution in [0, 0.1) is 7.14 Å². The molecule has 0 aromatic heterocycles. The van der Waals surface area contributed by atoms with Crippen molar-refractivity contribution in [1.82, 2.24) is 0 Å². The van der Waals surface area contributed by atoms with E-state index in [1.54, 1.807) is 30.3 Å². The summed E-state index contributed by atoms with van der Waals surface area (Å²) in [6, 6.07) is 18.3. The van der Waals surface area contributed by atoms with Crippen LogP contribution in [0.2, 0.25) is 10.0 Å². The fourth-order valence-electron chi connectivity index (χ4n) is 6.34. The van der Waals surface area contributed by atoms with Crippen molar-refractivity contribution in [1.29, 1.82) is 0 Å². The van der Waals surface area contributed by atoms with Crippen molar-refractivity contribution in [2.75, 3.05) is 0 Å². The first-order chi connectivity index (χ1) is 27.4. The second-order valence-corrected chi connectivity index (χ2v) is 18.4. The molecule has 4 aromatic carbocycles. The summed E-state index contributed by atoms with van der Waals surface area (Å²) >= 11 is 29.3. The first-order valence-corrected chi connectivity index (χ1v) is 22.0. The maximum Gasteiger partial charge on any atom is 1.00 e. The minimum atomic E-state index is -1.54. The SMILES string of the molecule is O=C([O-])c1c(Cl)ccc(Cl)c1-c1c2cc(Br)c(=O)c(Br)c-2oc2c(Br)c([O-])c(Br)cc12.O=C([O-])c1ccccc1-c1c2ccc(=O)c(I)c-2oc2c(I)c([O-])ccc12.[Na+].[Na+].[Na+].[Na+]. The Kier molecular flexibility index (Phi) is 21.5. The molecule has 0 saturated heterocycles. The van der Waals surface area contributed by atoms with Crippen molar-refractivity contribution in [3.8, 4) is 56.4 Å². The molecule has 2 heterocycles. The summed E-state index contributed by atoms with van der Waals surface area (Å²) < 4.78 is 13.2. The number of aromatic carboxylic acids is 2. The predicted molar refractivity (Wildman–Crippen MR) is 243 cm³/mol. The van der Waals surface area contributed by atoms with E-state index < -0.39 is 23.1 Å². The maximum absolute atomic E-state index is 12.5. The Balaban J connectivity index is 0.000000313. The minimum absolute atomic E-state index is 0. The fourth-order valence-corrected chi connectivity index (χ4v) is 10.4. The van der Waals surface area contributed by atoms with Crippen LogP contribution in [0.5, 0.6) is 11.5 Å². The van der Waals surface area contributed by atoms with Crippen LogP contribution in [0.25, 0.3) is 66.8 Å². The van der Waals surface area contributed by atoms with Gasteiger partial charge in [0, 0.05) is 62.8 Å². The zero-order chi connectivity index (χ0) is 42.1. The van der Waals surface area contributed by atoms with Gasteiger partial charge in [0.25, 0.3) is 0 Å². The Morgan fingerprint density at radius 2 is 1.23 bits per heavy atom. The van der Waals surface area contributed by atoms with Gasteiger partial charge in [0.2, 0.25) is 5.43 Å². The van der Waals surface area contributed by atoms with Crippen LogP contribution in [0.3, 0.4) is 0 Å². The largest absolute Gasteiger partial charge is 1.00 e. The number of benzene rings is 6. The average molecular weight is 1390 g/mol. The van der Waals surface area contributed by atoms with E-state index in [9.17, 15) is 39.6 Å². The van der Waals surface area contributed by atoms with Crippen LogP contribution in [-0.4, -0.2) is 11.9 Å². The Hall–Kier alpha value is 0.760. The van der Waals surface area contributed by atoms with Crippen LogP contribution < -0.4 is 150 Å². The summed E-state index contributed by atoms with van der Waals surface area (Å²) in [5.41, 5.74) is 1.83. The zero-order valence-corrected chi connectivity index (χ0v) is 52.2. The number of hydrogen-bond donors (Lipinski definition) is 0. The van der Waals surface area contributed by atoms with Crippen LogP contribution in [-0.2, 0) is 0 Å². The number of carboxylic acid groups (broad SMARTS) is 2. The second kappa shape index (κ2) is 23.4. The minimum Gasteiger partial charge on any atom is -0.872 e. The third-order valence-electron chi connectivity index (χ3n) is 8.85. The van der Waals surface area contributed by atoms with Gasteiger partial charge in [-0.15, -0.1) is 0 Å². The Bertz CT molecular complexity index is 3170. The number of halogens is 8. The van der Waals surface area contributed by atoms with E-state index in [2.05, 4.69) is 63.7 Å². The Morgan fingerprint density at radius 1 is 0.597 bits per heavy atom. The van der Waals surface area contributed by atoms with E-state index in [1.807, 2.05) is 45.2 Å². The summed E-state index contributed by atoms with van der Waals surface area (Å²) in [5.74, 6) is -3.03. The molecule has 0 bridgehead atoms. The molecule has 4 aromatic rings. The van der Waals surface area contributed by atoms with Gasteiger partial charge in [-0.1, -0.05) is 87.0 Å². The molecule has 2 aliphatic heterocycles. The van der Waals surface area contributed by atoms with E-state index in [4.69, 9.17) is 32.0 Å². The van der Waals surface area contributed by atoms with Crippen LogP contribution >= 0.6 is 132 Å². The fraction of sp³-hybridized carbons (Fsp3) is 0. The number of fused-ring (bicyclic) bond motifs is 4. The van der Waals surface area contributed by atoms with Gasteiger partial charge in [-0.3, -0.25) is 9.59 Å². The molecule has 2 aliphatic carbocycles. The van der Waals surface area contributed by atoms with Crippen LogP contribution in [0.15, 0.2) is 109 Å². The number of carboxylic acids is 2. The van der Waals surface area contributed by atoms with Crippen molar-refractivity contribution in [2.24, 2.45) is 0 Å². The van der Waals surface area contributed by atoms with Gasteiger partial charge >= 0.3 is 118 Å². The van der Waals surface area contributed by atoms with Gasteiger partial charge in [0.15, 0.2) is 16.9 Å². The summed E-state index contributed by atoms with van der Waals surface area (Å²) in [7, 11) is 0. The number of hydrogen-bond acceptors (Lipinski definition) is 10. The molecule has 0 radical (unpaired) electrons. The molecule has 8 rings (SSSR count). The second-order valence-electron chi connectivity index (χ2n) is 12.1. The van der Waals surface area contributed by atoms with Gasteiger partial charge in [0.1, 0.15) is 19.2 Å². The molecule has 22 heteroatoms. The molecule has 0 N–H and O–H groups in total. The normalized spacial score (nSPS) is 10.6. The third kappa shape index (κ3) is 10.6. The van der Waals surface area contributed by atoms with Gasteiger partial charge in [-0.25, -0.2) is 0 Å². The first-order valence-electron chi connectivity index (χ1n) is 15.9. The number of carbonyl (C=O) groups is 2. The van der Waals surface area contributed by atoms with Crippen molar-refractivity contribution in [3.63, 3.8) is 0 Å². The molecular weight excluding hydrogens is 1380 g/mol. The zero-order valence-electron chi connectivity index (χ0n) is 32.0. The monoisotopic (exact) mass is 1380 g/mol. The molecule has 292 valence electrons. The van der Waals surface area contributed by atoms with Gasteiger partial charge in [0.05, 0.1) is 25.9 Å². The van der Waals surface area contributed by atoms with E-state index in [-0.39, 0.29) is 185 Å². The topological polar surface area (TPSA) is 187 Å². The van der Waals surface area contributed by atoms with Crippen LogP contribution in [0.4, 0.5) is 0 Å². The van der Waals surface area contributed by atoms with Gasteiger partial charge in [-0.2, -0.15) is 0 Å².